The molecule has 0 aliphatic heterocycles. The number of tetrazole rings is 1. The van der Waals surface area contributed by atoms with E-state index in [-0.39, 0.29) is 18.3 Å². The molecule has 1 aromatic carbocycles. The van der Waals surface area contributed by atoms with Gasteiger partial charge in [-0.05, 0) is 17.8 Å². The van der Waals surface area contributed by atoms with Crippen LogP contribution >= 0.6 is 12.4 Å². The van der Waals surface area contributed by atoms with E-state index in [1.807, 2.05) is 24.3 Å². The van der Waals surface area contributed by atoms with E-state index in [4.69, 9.17) is 0 Å². The summed E-state index contributed by atoms with van der Waals surface area (Å²) in [6, 6.07) is 7.63. The number of hydrogen-bond donors (Lipinski definition) is 3. The van der Waals surface area contributed by atoms with Crippen molar-refractivity contribution < 1.29 is 4.79 Å². The van der Waals surface area contributed by atoms with Crippen LogP contribution < -0.4 is 10.6 Å². The molecule has 1 amide bonds. The van der Waals surface area contributed by atoms with Crippen LogP contribution in [0.25, 0.3) is 11.4 Å². The van der Waals surface area contributed by atoms with Crippen LogP contribution in [0.2, 0.25) is 0 Å². The maximum Gasteiger partial charge on any atom is 0.234 e. The molecule has 0 saturated carbocycles. The highest BCUT2D eigenvalue weighted by atomic mass is 35.5. The van der Waals surface area contributed by atoms with Gasteiger partial charge in [-0.1, -0.05) is 24.3 Å². The van der Waals surface area contributed by atoms with Gasteiger partial charge in [0.15, 0.2) is 0 Å². The number of likely N-dealkylation sites (N-methyl/N-ethyl adjacent to an activating group) is 1. The highest BCUT2D eigenvalue weighted by Gasteiger charge is 2.03. The molecule has 0 aliphatic carbocycles. The summed E-state index contributed by atoms with van der Waals surface area (Å²) in [6.07, 6.45) is 0. The van der Waals surface area contributed by atoms with Crippen LogP contribution in [0.5, 0.6) is 0 Å². The van der Waals surface area contributed by atoms with Gasteiger partial charge >= 0.3 is 0 Å². The normalized spacial score (nSPS) is 9.74. The standard InChI is InChI=1S/C11H14N6O.ClH/c1-12-7-10(18)13-6-8-2-4-9(5-3-8)11-14-16-17-15-11;/h2-5,12H,6-7H2,1H3,(H,13,18)(H,14,15,16,17);1H. The molecule has 8 heteroatoms. The highest BCUT2D eigenvalue weighted by Crippen LogP contribution is 2.13. The Morgan fingerprint density at radius 1 is 1.32 bits per heavy atom. The first-order valence-corrected chi connectivity index (χ1v) is 5.53. The second-order valence-corrected chi connectivity index (χ2v) is 3.74. The van der Waals surface area contributed by atoms with Crippen LogP contribution in [-0.2, 0) is 11.3 Å². The lowest BCUT2D eigenvalue weighted by atomic mass is 10.1. The zero-order chi connectivity index (χ0) is 12.8. The average molecular weight is 283 g/mol. The molecule has 7 nitrogen and oxygen atoms in total. The summed E-state index contributed by atoms with van der Waals surface area (Å²) in [5, 5.41) is 19.3. The fraction of sp³-hybridized carbons (Fsp3) is 0.273. The number of carbonyl (C=O) groups is 1. The Bertz CT molecular complexity index is 498. The van der Waals surface area contributed by atoms with Crippen molar-refractivity contribution in [3.8, 4) is 11.4 Å². The summed E-state index contributed by atoms with van der Waals surface area (Å²) < 4.78 is 0. The lowest BCUT2D eigenvalue weighted by Crippen LogP contribution is -2.31. The van der Waals surface area contributed by atoms with Gasteiger partial charge in [-0.3, -0.25) is 4.79 Å². The fourth-order valence-corrected chi connectivity index (χ4v) is 1.48. The third kappa shape index (κ3) is 4.31. The Morgan fingerprint density at radius 3 is 2.63 bits per heavy atom. The summed E-state index contributed by atoms with van der Waals surface area (Å²) in [5.41, 5.74) is 1.90. The molecule has 0 fully saturated rings. The predicted octanol–water partition coefficient (Wildman–Crippen LogP) is 0.124. The van der Waals surface area contributed by atoms with Crippen LogP contribution in [0.15, 0.2) is 24.3 Å². The Labute approximate surface area is 116 Å². The van der Waals surface area contributed by atoms with E-state index in [2.05, 4.69) is 31.3 Å². The van der Waals surface area contributed by atoms with E-state index in [9.17, 15) is 4.79 Å². The van der Waals surface area contributed by atoms with E-state index in [0.717, 1.165) is 11.1 Å². The Morgan fingerprint density at radius 2 is 2.05 bits per heavy atom. The number of hydrogen-bond acceptors (Lipinski definition) is 5. The summed E-state index contributed by atoms with van der Waals surface area (Å²) in [7, 11) is 1.74. The number of amides is 1. The largest absolute Gasteiger partial charge is 0.351 e. The smallest absolute Gasteiger partial charge is 0.234 e. The lowest BCUT2D eigenvalue weighted by Gasteiger charge is -2.05. The fourth-order valence-electron chi connectivity index (χ4n) is 1.48. The van der Waals surface area contributed by atoms with E-state index in [0.29, 0.717) is 18.9 Å². The highest BCUT2D eigenvalue weighted by molar-refractivity contribution is 5.85. The van der Waals surface area contributed by atoms with Gasteiger partial charge in [0.05, 0.1) is 6.54 Å². The van der Waals surface area contributed by atoms with Gasteiger partial charge in [0.25, 0.3) is 0 Å². The first-order chi connectivity index (χ1) is 8.79. The number of nitrogens with one attached hydrogen (secondary N) is 3. The van der Waals surface area contributed by atoms with E-state index >= 15 is 0 Å². The average Bonchev–Trinajstić information content (AvgIpc) is 2.91. The van der Waals surface area contributed by atoms with Crippen molar-refractivity contribution in [1.29, 1.82) is 0 Å². The van der Waals surface area contributed by atoms with Gasteiger partial charge in [0.2, 0.25) is 11.7 Å². The topological polar surface area (TPSA) is 95.6 Å². The van der Waals surface area contributed by atoms with E-state index < -0.39 is 0 Å². The van der Waals surface area contributed by atoms with Crippen molar-refractivity contribution >= 4 is 18.3 Å². The van der Waals surface area contributed by atoms with Gasteiger partial charge in [0.1, 0.15) is 0 Å². The minimum absolute atomic E-state index is 0. The Hall–Kier alpha value is -1.99. The van der Waals surface area contributed by atoms with Gasteiger partial charge in [-0.25, -0.2) is 0 Å². The first kappa shape index (κ1) is 15.1. The number of halogens is 1. The van der Waals surface area contributed by atoms with Crippen molar-refractivity contribution in [2.24, 2.45) is 0 Å². The molecule has 3 N–H and O–H groups in total. The molecule has 0 saturated heterocycles. The molecule has 0 radical (unpaired) electrons. The van der Waals surface area contributed by atoms with Crippen LogP contribution in [0.3, 0.4) is 0 Å². The van der Waals surface area contributed by atoms with Gasteiger partial charge < -0.3 is 10.6 Å². The lowest BCUT2D eigenvalue weighted by molar-refractivity contribution is -0.120. The second-order valence-electron chi connectivity index (χ2n) is 3.74. The molecule has 19 heavy (non-hydrogen) atoms. The number of carbonyl (C=O) groups excluding carboxylic acids is 1. The van der Waals surface area contributed by atoms with Crippen molar-refractivity contribution in [1.82, 2.24) is 31.3 Å². The third-order valence-electron chi connectivity index (χ3n) is 2.38. The minimum atomic E-state index is -0.0280. The Balaban J connectivity index is 0.00000180. The Kier molecular flexibility index (Phi) is 5.91. The summed E-state index contributed by atoms with van der Waals surface area (Å²) >= 11 is 0. The zero-order valence-electron chi connectivity index (χ0n) is 10.4. The molecule has 1 aromatic heterocycles. The van der Waals surface area contributed by atoms with Gasteiger partial charge in [-0.2, -0.15) is 5.21 Å². The van der Waals surface area contributed by atoms with E-state index in [1.165, 1.54) is 0 Å². The number of benzene rings is 1. The number of aromatic nitrogens is 4. The molecule has 102 valence electrons. The molecule has 0 unspecified atom stereocenters. The minimum Gasteiger partial charge on any atom is -0.351 e. The second kappa shape index (κ2) is 7.45. The number of nitrogens with zero attached hydrogens (tertiary/aromatic N) is 3. The maximum atomic E-state index is 11.3. The maximum absolute atomic E-state index is 11.3. The number of H-pyrrole nitrogens is 1. The van der Waals surface area contributed by atoms with Crippen LogP contribution in [0, 0.1) is 0 Å². The van der Waals surface area contributed by atoms with Crippen molar-refractivity contribution in [3.05, 3.63) is 29.8 Å². The van der Waals surface area contributed by atoms with Gasteiger partial charge in [0, 0.05) is 12.1 Å². The molecular formula is C11H15ClN6O. The molecular weight excluding hydrogens is 268 g/mol. The van der Waals surface area contributed by atoms with Crippen LogP contribution in [-0.4, -0.2) is 40.1 Å². The van der Waals surface area contributed by atoms with Crippen LogP contribution in [0.1, 0.15) is 5.56 Å². The summed E-state index contributed by atoms with van der Waals surface area (Å²) in [5.74, 6) is 0.528. The van der Waals surface area contributed by atoms with Crippen molar-refractivity contribution in [3.63, 3.8) is 0 Å². The molecule has 2 aromatic rings. The molecule has 2 rings (SSSR count). The molecule has 0 aliphatic rings. The summed E-state index contributed by atoms with van der Waals surface area (Å²) in [4.78, 5) is 11.3. The monoisotopic (exact) mass is 282 g/mol. The number of rotatable bonds is 5. The molecule has 0 bridgehead atoms. The predicted molar refractivity (Wildman–Crippen MR) is 72.6 cm³/mol. The van der Waals surface area contributed by atoms with Crippen molar-refractivity contribution in [2.45, 2.75) is 6.54 Å². The number of aromatic amines is 1. The quantitative estimate of drug-likeness (QED) is 0.724. The SMILES string of the molecule is CNCC(=O)NCc1ccc(-c2nn[nH]n2)cc1.Cl. The molecule has 1 heterocycles. The van der Waals surface area contributed by atoms with E-state index in [1.54, 1.807) is 7.05 Å². The third-order valence-corrected chi connectivity index (χ3v) is 2.38. The zero-order valence-corrected chi connectivity index (χ0v) is 11.2. The van der Waals surface area contributed by atoms with Gasteiger partial charge in [-0.15, -0.1) is 22.6 Å². The van der Waals surface area contributed by atoms with Crippen LogP contribution in [0.4, 0.5) is 0 Å². The van der Waals surface area contributed by atoms with Crippen molar-refractivity contribution in [2.75, 3.05) is 13.6 Å². The first-order valence-electron chi connectivity index (χ1n) is 5.53. The summed E-state index contributed by atoms with van der Waals surface area (Å²) in [6.45, 7) is 0.827. The molecule has 0 spiro atoms. The molecule has 0 atom stereocenters.